The van der Waals surface area contributed by atoms with Crippen molar-refractivity contribution in [2.24, 2.45) is 0 Å². The molecule has 1 amide bonds. The van der Waals surface area contributed by atoms with Crippen LogP contribution >= 0.6 is 11.3 Å². The van der Waals surface area contributed by atoms with Gasteiger partial charge in [0.1, 0.15) is 4.88 Å². The van der Waals surface area contributed by atoms with Gasteiger partial charge in [0, 0.05) is 7.05 Å². The number of nitrogens with zero attached hydrogens (tertiary/aromatic N) is 1. The average molecular weight is 325 g/mol. The average Bonchev–Trinajstić information content (AvgIpc) is 2.78. The monoisotopic (exact) mass is 325 g/mol. The van der Waals surface area contributed by atoms with Gasteiger partial charge in [-0.1, -0.05) is 29.0 Å². The predicted molar refractivity (Wildman–Crippen MR) is 82.2 cm³/mol. The number of carbonyl (C=O) groups excluding carboxylic acids is 1. The Morgan fingerprint density at radius 3 is 2.38 bits per heavy atom. The summed E-state index contributed by atoms with van der Waals surface area (Å²) in [6.45, 7) is 3.54. The van der Waals surface area contributed by atoms with Crippen LogP contribution in [0.4, 0.5) is 5.13 Å². The molecule has 1 aromatic carbocycles. The van der Waals surface area contributed by atoms with E-state index in [1.165, 1.54) is 19.2 Å². The van der Waals surface area contributed by atoms with Gasteiger partial charge in [0.25, 0.3) is 15.9 Å². The molecule has 0 spiro atoms. The number of anilines is 1. The lowest BCUT2D eigenvalue weighted by Crippen LogP contribution is -2.17. The third-order valence-corrected chi connectivity index (χ3v) is 5.34. The van der Waals surface area contributed by atoms with Crippen LogP contribution in [0.5, 0.6) is 0 Å². The Labute approximate surface area is 127 Å². The second-order valence-corrected chi connectivity index (χ2v) is 7.11. The molecule has 0 saturated heterocycles. The first-order chi connectivity index (χ1) is 9.83. The number of carbonyl (C=O) groups is 1. The van der Waals surface area contributed by atoms with Crippen molar-refractivity contribution in [3.05, 3.63) is 40.4 Å². The van der Waals surface area contributed by atoms with Crippen LogP contribution in [0.3, 0.4) is 0 Å². The number of benzene rings is 1. The summed E-state index contributed by atoms with van der Waals surface area (Å²) in [5.74, 6) is -0.286. The number of thiazole rings is 1. The number of hydrogen-bond donors (Lipinski definition) is 2. The summed E-state index contributed by atoms with van der Waals surface area (Å²) in [5, 5.41) is 2.66. The molecule has 21 heavy (non-hydrogen) atoms. The van der Waals surface area contributed by atoms with Crippen LogP contribution in [0.1, 0.15) is 20.9 Å². The molecule has 2 N–H and O–H groups in total. The number of rotatable bonds is 4. The van der Waals surface area contributed by atoms with Gasteiger partial charge in [-0.2, -0.15) is 0 Å². The number of nitrogens with one attached hydrogen (secondary N) is 2. The zero-order chi connectivity index (χ0) is 15.6. The largest absolute Gasteiger partial charge is 0.354 e. The smallest absolute Gasteiger partial charge is 0.263 e. The van der Waals surface area contributed by atoms with E-state index in [0.717, 1.165) is 16.9 Å². The minimum atomic E-state index is -3.70. The van der Waals surface area contributed by atoms with E-state index in [-0.39, 0.29) is 15.9 Å². The fourth-order valence-corrected chi connectivity index (χ4v) is 3.80. The van der Waals surface area contributed by atoms with Gasteiger partial charge in [-0.25, -0.2) is 13.4 Å². The van der Waals surface area contributed by atoms with Crippen LogP contribution in [-0.2, 0) is 10.0 Å². The van der Waals surface area contributed by atoms with Crippen LogP contribution in [0.15, 0.2) is 29.2 Å². The summed E-state index contributed by atoms with van der Waals surface area (Å²) in [6, 6.07) is 6.49. The number of aryl methyl sites for hydroxylation is 2. The molecule has 1 aromatic heterocycles. The topological polar surface area (TPSA) is 88.2 Å². The second-order valence-electron chi connectivity index (χ2n) is 4.43. The van der Waals surface area contributed by atoms with E-state index in [0.29, 0.717) is 10.6 Å². The molecule has 0 aliphatic rings. The highest BCUT2D eigenvalue weighted by Gasteiger charge is 2.19. The van der Waals surface area contributed by atoms with Crippen molar-refractivity contribution in [3.8, 4) is 0 Å². The lowest BCUT2D eigenvalue weighted by atomic mass is 10.2. The first-order valence-electron chi connectivity index (χ1n) is 6.12. The minimum absolute atomic E-state index is 0.155. The Morgan fingerprint density at radius 1 is 1.19 bits per heavy atom. The van der Waals surface area contributed by atoms with Crippen molar-refractivity contribution in [2.45, 2.75) is 18.7 Å². The standard InChI is InChI=1S/C13H15N3O3S2/c1-8-4-6-10(7-5-8)21(18,19)16-13-15-9(2)11(20-13)12(17)14-3/h4-7H,1-3H3,(H,14,17)(H,15,16). The third-order valence-electron chi connectivity index (χ3n) is 2.78. The fraction of sp³-hybridized carbons (Fsp3) is 0.231. The van der Waals surface area contributed by atoms with Gasteiger partial charge in [0.15, 0.2) is 5.13 Å². The summed E-state index contributed by atoms with van der Waals surface area (Å²) in [5.41, 5.74) is 1.46. The first-order valence-corrected chi connectivity index (χ1v) is 8.42. The predicted octanol–water partition coefficient (Wildman–Crippen LogP) is 1.92. The molecule has 0 unspecified atom stereocenters. The van der Waals surface area contributed by atoms with E-state index in [2.05, 4.69) is 15.0 Å². The van der Waals surface area contributed by atoms with E-state index in [4.69, 9.17) is 0 Å². The maximum Gasteiger partial charge on any atom is 0.263 e. The molecule has 0 aliphatic carbocycles. The third kappa shape index (κ3) is 3.40. The molecule has 1 heterocycles. The normalized spacial score (nSPS) is 11.2. The van der Waals surface area contributed by atoms with E-state index >= 15 is 0 Å². The maximum atomic E-state index is 12.2. The molecule has 8 heteroatoms. The van der Waals surface area contributed by atoms with Gasteiger partial charge in [-0.15, -0.1) is 0 Å². The summed E-state index contributed by atoms with van der Waals surface area (Å²) in [6.07, 6.45) is 0. The maximum absolute atomic E-state index is 12.2. The van der Waals surface area contributed by atoms with Gasteiger partial charge in [-0.05, 0) is 26.0 Å². The summed E-state index contributed by atoms with van der Waals surface area (Å²) in [7, 11) is -2.19. The Hall–Kier alpha value is -1.93. The highest BCUT2D eigenvalue weighted by atomic mass is 32.2. The molecule has 0 bridgehead atoms. The van der Waals surface area contributed by atoms with Crippen LogP contribution in [0.2, 0.25) is 0 Å². The lowest BCUT2D eigenvalue weighted by molar-refractivity contribution is 0.0966. The minimum Gasteiger partial charge on any atom is -0.354 e. The molecule has 112 valence electrons. The Bertz CT molecular complexity index is 764. The summed E-state index contributed by atoms with van der Waals surface area (Å²) >= 11 is 1.00. The Balaban J connectivity index is 2.29. The summed E-state index contributed by atoms with van der Waals surface area (Å²) < 4.78 is 26.8. The van der Waals surface area contributed by atoms with E-state index in [1.807, 2.05) is 6.92 Å². The lowest BCUT2D eigenvalue weighted by Gasteiger charge is -2.05. The zero-order valence-electron chi connectivity index (χ0n) is 11.8. The molecule has 0 aliphatic heterocycles. The Kier molecular flexibility index (Phi) is 4.29. The van der Waals surface area contributed by atoms with Crippen LogP contribution in [-0.4, -0.2) is 26.4 Å². The van der Waals surface area contributed by atoms with E-state index < -0.39 is 10.0 Å². The van der Waals surface area contributed by atoms with Gasteiger partial charge in [0.05, 0.1) is 10.6 Å². The SMILES string of the molecule is CNC(=O)c1sc(NS(=O)(=O)c2ccc(C)cc2)nc1C. The molecule has 0 radical (unpaired) electrons. The number of hydrogen-bond acceptors (Lipinski definition) is 5. The summed E-state index contributed by atoms with van der Waals surface area (Å²) in [4.78, 5) is 16.2. The molecular weight excluding hydrogens is 310 g/mol. The van der Waals surface area contributed by atoms with Gasteiger partial charge >= 0.3 is 0 Å². The van der Waals surface area contributed by atoms with E-state index in [1.54, 1.807) is 19.1 Å². The molecule has 0 fully saturated rings. The number of sulfonamides is 1. The molecular formula is C13H15N3O3S2. The number of amides is 1. The molecule has 2 rings (SSSR count). The zero-order valence-corrected chi connectivity index (χ0v) is 13.4. The van der Waals surface area contributed by atoms with Crippen molar-refractivity contribution in [3.63, 3.8) is 0 Å². The highest BCUT2D eigenvalue weighted by Crippen LogP contribution is 2.25. The van der Waals surface area contributed by atoms with Gasteiger partial charge in [0.2, 0.25) is 0 Å². The second kappa shape index (κ2) is 5.82. The quantitative estimate of drug-likeness (QED) is 0.899. The van der Waals surface area contributed by atoms with Crippen molar-refractivity contribution in [1.29, 1.82) is 0 Å². The van der Waals surface area contributed by atoms with Gasteiger partial charge < -0.3 is 5.32 Å². The van der Waals surface area contributed by atoms with Crippen molar-refractivity contribution < 1.29 is 13.2 Å². The van der Waals surface area contributed by atoms with Crippen LogP contribution in [0, 0.1) is 13.8 Å². The van der Waals surface area contributed by atoms with Crippen molar-refractivity contribution in [1.82, 2.24) is 10.3 Å². The first kappa shape index (κ1) is 15.5. The van der Waals surface area contributed by atoms with Crippen molar-refractivity contribution >= 4 is 32.4 Å². The van der Waals surface area contributed by atoms with Crippen LogP contribution < -0.4 is 10.0 Å². The fourth-order valence-electron chi connectivity index (χ4n) is 1.66. The van der Waals surface area contributed by atoms with Gasteiger partial charge in [-0.3, -0.25) is 9.52 Å². The van der Waals surface area contributed by atoms with Crippen LogP contribution in [0.25, 0.3) is 0 Å². The highest BCUT2D eigenvalue weighted by molar-refractivity contribution is 7.93. The molecule has 0 atom stereocenters. The van der Waals surface area contributed by atoms with Crippen molar-refractivity contribution in [2.75, 3.05) is 11.8 Å². The molecule has 0 saturated carbocycles. The number of aromatic nitrogens is 1. The van der Waals surface area contributed by atoms with E-state index in [9.17, 15) is 13.2 Å². The molecule has 2 aromatic rings. The molecule has 6 nitrogen and oxygen atoms in total. The Morgan fingerprint density at radius 2 is 1.81 bits per heavy atom.